The Balaban J connectivity index is 1.21. The van der Waals surface area contributed by atoms with E-state index in [0.717, 1.165) is 29.9 Å². The van der Waals surface area contributed by atoms with Crippen molar-refractivity contribution in [1.82, 2.24) is 20.2 Å². The Bertz CT molecular complexity index is 1370. The second-order valence-electron chi connectivity index (χ2n) is 8.98. The molecule has 1 unspecified atom stereocenters. The van der Waals surface area contributed by atoms with E-state index in [1.807, 2.05) is 18.2 Å². The van der Waals surface area contributed by atoms with E-state index in [1.54, 1.807) is 23.2 Å². The van der Waals surface area contributed by atoms with E-state index in [9.17, 15) is 9.59 Å². The number of aromatic nitrogens is 2. The van der Waals surface area contributed by atoms with Crippen LogP contribution in [0.25, 0.3) is 0 Å². The molecule has 0 saturated carbocycles. The molecular formula is C26H25N7O2. The maximum absolute atomic E-state index is 13.1. The summed E-state index contributed by atoms with van der Waals surface area (Å²) in [4.78, 5) is 36.2. The molecule has 9 heteroatoms. The van der Waals surface area contributed by atoms with Gasteiger partial charge < -0.3 is 26.2 Å². The van der Waals surface area contributed by atoms with Crippen molar-refractivity contribution in [2.75, 3.05) is 22.5 Å². The highest BCUT2D eigenvalue weighted by atomic mass is 16.2. The van der Waals surface area contributed by atoms with Crippen LogP contribution in [0.4, 0.5) is 28.8 Å². The number of hydrogen-bond donors (Lipinski definition) is 4. The molecular weight excluding hydrogens is 442 g/mol. The summed E-state index contributed by atoms with van der Waals surface area (Å²) < 4.78 is 0. The summed E-state index contributed by atoms with van der Waals surface area (Å²) >= 11 is 0. The highest BCUT2D eigenvalue weighted by Gasteiger charge is 2.39. The second-order valence-corrected chi connectivity index (χ2v) is 8.98. The third-order valence-corrected chi connectivity index (χ3v) is 6.68. The zero-order valence-electron chi connectivity index (χ0n) is 19.1. The number of fused-ring (bicyclic) bond motifs is 2. The monoisotopic (exact) mass is 467 g/mol. The Kier molecular flexibility index (Phi) is 5.09. The van der Waals surface area contributed by atoms with Crippen LogP contribution in [-0.2, 0) is 17.8 Å². The lowest BCUT2D eigenvalue weighted by Gasteiger charge is -2.31. The van der Waals surface area contributed by atoms with Crippen LogP contribution in [-0.4, -0.2) is 39.3 Å². The van der Waals surface area contributed by atoms with Crippen LogP contribution in [0, 0.1) is 0 Å². The van der Waals surface area contributed by atoms with E-state index >= 15 is 0 Å². The minimum absolute atomic E-state index is 0.132. The zero-order valence-corrected chi connectivity index (χ0v) is 19.1. The highest BCUT2D eigenvalue weighted by Crippen LogP contribution is 2.34. The standard InChI is InChI=1S/C26H25N7O2/c1-15-5-8-22(24(34)29-15)33-14-19-18(25(33)35)3-2-4-21(19)31-23-10-12-28-26(32-23)30-17-6-7-20-16(13-17)9-11-27-20/h2-4,6-7,10,12-13,22,27H,1,5,8-9,11,14H2,(H,29,34)(H2,28,30,31,32). The molecule has 4 heterocycles. The number of nitrogens with one attached hydrogen (secondary N) is 4. The first kappa shape index (κ1) is 21.2. The summed E-state index contributed by atoms with van der Waals surface area (Å²) in [6.07, 6.45) is 3.93. The van der Waals surface area contributed by atoms with Crippen LogP contribution in [0.1, 0.15) is 34.3 Å². The van der Waals surface area contributed by atoms with Crippen LogP contribution < -0.4 is 21.3 Å². The average Bonchev–Trinajstić information content (AvgIpc) is 3.44. The molecule has 0 spiro atoms. The maximum Gasteiger partial charge on any atom is 0.255 e. The van der Waals surface area contributed by atoms with Crippen molar-refractivity contribution in [2.24, 2.45) is 0 Å². The molecule has 3 aromatic rings. The van der Waals surface area contributed by atoms with Gasteiger partial charge in [0.25, 0.3) is 5.91 Å². The van der Waals surface area contributed by atoms with Crippen LogP contribution in [0.2, 0.25) is 0 Å². The Hall–Kier alpha value is -4.40. The van der Waals surface area contributed by atoms with Crippen LogP contribution in [0.15, 0.2) is 60.9 Å². The van der Waals surface area contributed by atoms with Gasteiger partial charge in [0, 0.05) is 53.2 Å². The number of carbonyl (C=O) groups excluding carboxylic acids is 2. The number of nitrogens with zero attached hydrogens (tertiary/aromatic N) is 3. The molecule has 0 bridgehead atoms. The zero-order chi connectivity index (χ0) is 23.9. The van der Waals surface area contributed by atoms with Gasteiger partial charge in [-0.15, -0.1) is 0 Å². The number of hydrogen-bond acceptors (Lipinski definition) is 7. The fraction of sp³-hybridized carbons (Fsp3) is 0.231. The maximum atomic E-state index is 13.1. The van der Waals surface area contributed by atoms with E-state index in [4.69, 9.17) is 0 Å². The topological polar surface area (TPSA) is 111 Å². The second kappa shape index (κ2) is 8.43. The van der Waals surface area contributed by atoms with Crippen molar-refractivity contribution in [2.45, 2.75) is 31.8 Å². The van der Waals surface area contributed by atoms with Gasteiger partial charge in [0.1, 0.15) is 11.9 Å². The number of carbonyl (C=O) groups is 2. The third kappa shape index (κ3) is 3.95. The summed E-state index contributed by atoms with van der Waals surface area (Å²) in [5.41, 5.74) is 6.31. The summed E-state index contributed by atoms with van der Waals surface area (Å²) in [7, 11) is 0. The lowest BCUT2D eigenvalue weighted by Crippen LogP contribution is -2.49. The minimum Gasteiger partial charge on any atom is -0.384 e. The SMILES string of the molecule is C=C1CCC(N2Cc3c(Nc4ccnc(Nc5ccc6c(c5)CCN6)n4)cccc3C2=O)C(=O)N1. The van der Waals surface area contributed by atoms with Crippen LogP contribution >= 0.6 is 0 Å². The minimum atomic E-state index is -0.495. The molecule has 0 aliphatic carbocycles. The van der Waals surface area contributed by atoms with Crippen molar-refractivity contribution in [3.8, 4) is 0 Å². The molecule has 2 amide bonds. The van der Waals surface area contributed by atoms with Crippen molar-refractivity contribution in [3.05, 3.63) is 77.6 Å². The van der Waals surface area contributed by atoms with Gasteiger partial charge in [-0.05, 0) is 61.2 Å². The van der Waals surface area contributed by atoms with E-state index in [1.165, 1.54) is 11.3 Å². The molecule has 4 N–H and O–H groups in total. The summed E-state index contributed by atoms with van der Waals surface area (Å²) in [6.45, 7) is 5.15. The number of piperidine rings is 1. The molecule has 1 aromatic heterocycles. The summed E-state index contributed by atoms with van der Waals surface area (Å²) in [5.74, 6) is 0.778. The molecule has 3 aliphatic rings. The van der Waals surface area contributed by atoms with Gasteiger partial charge in [0.05, 0.1) is 0 Å². The van der Waals surface area contributed by atoms with Gasteiger partial charge in [0.2, 0.25) is 11.9 Å². The number of amides is 2. The van der Waals surface area contributed by atoms with Gasteiger partial charge in [-0.25, -0.2) is 4.98 Å². The Morgan fingerprint density at radius 1 is 1.09 bits per heavy atom. The van der Waals surface area contributed by atoms with Crippen molar-refractivity contribution < 1.29 is 9.59 Å². The van der Waals surface area contributed by atoms with Gasteiger partial charge >= 0.3 is 0 Å². The molecule has 1 fully saturated rings. The number of anilines is 5. The Morgan fingerprint density at radius 3 is 2.89 bits per heavy atom. The van der Waals surface area contributed by atoms with E-state index in [-0.39, 0.29) is 11.8 Å². The molecule has 3 aliphatic heterocycles. The lowest BCUT2D eigenvalue weighted by atomic mass is 10.0. The Labute approximate surface area is 202 Å². The molecule has 2 aromatic carbocycles. The van der Waals surface area contributed by atoms with Crippen LogP contribution in [0.3, 0.4) is 0 Å². The lowest BCUT2D eigenvalue weighted by molar-refractivity contribution is -0.126. The first-order chi connectivity index (χ1) is 17.0. The van der Waals surface area contributed by atoms with E-state index in [0.29, 0.717) is 42.4 Å². The molecule has 35 heavy (non-hydrogen) atoms. The molecule has 1 atom stereocenters. The van der Waals surface area contributed by atoms with Gasteiger partial charge in [-0.3, -0.25) is 9.59 Å². The van der Waals surface area contributed by atoms with Gasteiger partial charge in [0.15, 0.2) is 0 Å². The first-order valence-corrected chi connectivity index (χ1v) is 11.7. The molecule has 1 saturated heterocycles. The fourth-order valence-electron chi connectivity index (χ4n) is 4.92. The van der Waals surface area contributed by atoms with Gasteiger partial charge in [-0.1, -0.05) is 12.6 Å². The average molecular weight is 468 g/mol. The largest absolute Gasteiger partial charge is 0.384 e. The van der Waals surface area contributed by atoms with Crippen molar-refractivity contribution in [1.29, 1.82) is 0 Å². The molecule has 6 rings (SSSR count). The summed E-state index contributed by atoms with van der Waals surface area (Å²) in [6, 6.07) is 13.0. The third-order valence-electron chi connectivity index (χ3n) is 6.68. The number of rotatable bonds is 5. The van der Waals surface area contributed by atoms with Crippen molar-refractivity contribution >= 4 is 40.6 Å². The predicted octanol–water partition coefficient (Wildman–Crippen LogP) is 3.68. The van der Waals surface area contributed by atoms with Crippen LogP contribution in [0.5, 0.6) is 0 Å². The Morgan fingerprint density at radius 2 is 2.00 bits per heavy atom. The highest BCUT2D eigenvalue weighted by molar-refractivity contribution is 6.03. The van der Waals surface area contributed by atoms with E-state index in [2.05, 4.69) is 49.9 Å². The normalized spacial score (nSPS) is 18.6. The first-order valence-electron chi connectivity index (χ1n) is 11.7. The summed E-state index contributed by atoms with van der Waals surface area (Å²) in [5, 5.41) is 12.7. The molecule has 9 nitrogen and oxygen atoms in total. The van der Waals surface area contributed by atoms with E-state index < -0.39 is 6.04 Å². The molecule has 0 radical (unpaired) electrons. The number of allylic oxidation sites excluding steroid dienone is 1. The quantitative estimate of drug-likeness (QED) is 0.453. The molecule has 176 valence electrons. The predicted molar refractivity (Wildman–Crippen MR) is 134 cm³/mol. The fourth-order valence-corrected chi connectivity index (χ4v) is 4.92. The van der Waals surface area contributed by atoms with Gasteiger partial charge in [-0.2, -0.15) is 4.98 Å². The number of benzene rings is 2. The van der Waals surface area contributed by atoms with Crippen molar-refractivity contribution in [3.63, 3.8) is 0 Å². The smallest absolute Gasteiger partial charge is 0.255 e.